The first kappa shape index (κ1) is 15.0. The van der Waals surface area contributed by atoms with E-state index in [0.717, 1.165) is 11.1 Å². The van der Waals surface area contributed by atoms with Gasteiger partial charge in [-0.2, -0.15) is 4.98 Å². The smallest absolute Gasteiger partial charge is 0.253 e. The third-order valence-electron chi connectivity index (χ3n) is 3.51. The maximum Gasteiger partial charge on any atom is 0.253 e. The Labute approximate surface area is 134 Å². The number of imidazole rings is 1. The lowest BCUT2D eigenvalue weighted by molar-refractivity contribution is 0.0827. The molecular weight excluding hydrogens is 292 g/mol. The van der Waals surface area contributed by atoms with Crippen molar-refractivity contribution in [3.05, 3.63) is 47.9 Å². The maximum atomic E-state index is 12.0. The molecule has 118 valence electrons. The molecule has 2 aromatic heterocycles. The zero-order valence-electron chi connectivity index (χ0n) is 13.3. The lowest BCUT2D eigenvalue weighted by Crippen LogP contribution is -2.21. The second-order valence-corrected chi connectivity index (χ2v) is 5.51. The summed E-state index contributed by atoms with van der Waals surface area (Å²) in [5.41, 5.74) is 3.19. The number of hydrogen-bond acceptors (Lipinski definition) is 5. The lowest BCUT2D eigenvalue weighted by Gasteiger charge is -2.11. The fourth-order valence-corrected chi connectivity index (χ4v) is 2.25. The van der Waals surface area contributed by atoms with Crippen molar-refractivity contribution in [2.75, 3.05) is 19.4 Å². The Balaban J connectivity index is 1.74. The van der Waals surface area contributed by atoms with Gasteiger partial charge in [0.2, 0.25) is 5.95 Å². The van der Waals surface area contributed by atoms with Crippen LogP contribution >= 0.6 is 0 Å². The van der Waals surface area contributed by atoms with Gasteiger partial charge in [0.15, 0.2) is 5.65 Å². The predicted molar refractivity (Wildman–Crippen MR) is 88.1 cm³/mol. The van der Waals surface area contributed by atoms with Gasteiger partial charge in [-0.3, -0.25) is 4.79 Å². The molecule has 0 aliphatic heterocycles. The molecule has 7 heteroatoms. The number of aryl methyl sites for hydroxylation is 1. The van der Waals surface area contributed by atoms with Crippen molar-refractivity contribution in [3.8, 4) is 0 Å². The molecule has 0 aliphatic carbocycles. The van der Waals surface area contributed by atoms with Crippen LogP contribution in [0.5, 0.6) is 0 Å². The molecule has 0 fully saturated rings. The number of fused-ring (bicyclic) bond motifs is 1. The van der Waals surface area contributed by atoms with Gasteiger partial charge in [0.25, 0.3) is 5.91 Å². The van der Waals surface area contributed by atoms with Crippen LogP contribution in [0.4, 0.5) is 5.95 Å². The average molecular weight is 310 g/mol. The van der Waals surface area contributed by atoms with Crippen LogP contribution in [0.1, 0.15) is 15.9 Å². The quantitative estimate of drug-likeness (QED) is 0.793. The van der Waals surface area contributed by atoms with Crippen molar-refractivity contribution >= 4 is 23.0 Å². The summed E-state index contributed by atoms with van der Waals surface area (Å²) in [6, 6.07) is 7.51. The standard InChI is InChI=1S/C16H18N6O/c1-21(2)15(23)12-6-4-5-11(7-12)8-17-16-18-9-13-14(20-16)19-10-22(13)3/h4-7,9-10H,8H2,1-3H3,(H,17,18,20). The van der Waals surface area contributed by atoms with Crippen LogP contribution in [0.15, 0.2) is 36.8 Å². The summed E-state index contributed by atoms with van der Waals surface area (Å²) in [5, 5.41) is 3.16. The average Bonchev–Trinajstić information content (AvgIpc) is 2.93. The molecule has 0 saturated heterocycles. The minimum absolute atomic E-state index is 0.0157. The van der Waals surface area contributed by atoms with Crippen molar-refractivity contribution in [2.45, 2.75) is 6.54 Å². The predicted octanol–water partition coefficient (Wildman–Crippen LogP) is 1.68. The fourth-order valence-electron chi connectivity index (χ4n) is 2.25. The molecule has 3 rings (SSSR count). The van der Waals surface area contributed by atoms with Crippen molar-refractivity contribution in [1.82, 2.24) is 24.4 Å². The molecule has 0 radical (unpaired) electrons. The molecule has 2 heterocycles. The van der Waals surface area contributed by atoms with E-state index in [2.05, 4.69) is 20.3 Å². The number of amides is 1. The summed E-state index contributed by atoms with van der Waals surface area (Å²) in [7, 11) is 5.38. The van der Waals surface area contributed by atoms with E-state index in [1.54, 1.807) is 31.5 Å². The molecule has 0 unspecified atom stereocenters. The number of carbonyl (C=O) groups is 1. The zero-order chi connectivity index (χ0) is 16.4. The number of carbonyl (C=O) groups excluding carboxylic acids is 1. The first-order chi connectivity index (χ1) is 11.0. The van der Waals surface area contributed by atoms with E-state index in [-0.39, 0.29) is 5.91 Å². The number of nitrogens with zero attached hydrogens (tertiary/aromatic N) is 5. The number of aromatic nitrogens is 4. The number of benzene rings is 1. The van der Waals surface area contributed by atoms with Crippen molar-refractivity contribution in [2.24, 2.45) is 7.05 Å². The van der Waals surface area contributed by atoms with Gasteiger partial charge >= 0.3 is 0 Å². The van der Waals surface area contributed by atoms with Gasteiger partial charge in [-0.15, -0.1) is 0 Å². The topological polar surface area (TPSA) is 75.9 Å². The summed E-state index contributed by atoms with van der Waals surface area (Å²) in [6.07, 6.45) is 3.45. The maximum absolute atomic E-state index is 12.0. The Kier molecular flexibility index (Phi) is 3.92. The van der Waals surface area contributed by atoms with E-state index in [0.29, 0.717) is 23.7 Å². The number of rotatable bonds is 4. The van der Waals surface area contributed by atoms with Gasteiger partial charge in [-0.1, -0.05) is 12.1 Å². The van der Waals surface area contributed by atoms with Gasteiger partial charge in [0.05, 0.1) is 12.5 Å². The van der Waals surface area contributed by atoms with Crippen LogP contribution in [0.25, 0.3) is 11.2 Å². The molecule has 0 saturated carbocycles. The van der Waals surface area contributed by atoms with Crippen LogP contribution in [-0.2, 0) is 13.6 Å². The van der Waals surface area contributed by atoms with Gasteiger partial charge in [-0.05, 0) is 17.7 Å². The highest BCUT2D eigenvalue weighted by molar-refractivity contribution is 5.94. The van der Waals surface area contributed by atoms with E-state index < -0.39 is 0 Å². The highest BCUT2D eigenvalue weighted by Crippen LogP contribution is 2.12. The molecule has 0 bridgehead atoms. The van der Waals surface area contributed by atoms with Crippen LogP contribution in [0.2, 0.25) is 0 Å². The highest BCUT2D eigenvalue weighted by Gasteiger charge is 2.08. The zero-order valence-corrected chi connectivity index (χ0v) is 13.3. The highest BCUT2D eigenvalue weighted by atomic mass is 16.2. The third kappa shape index (κ3) is 3.13. The molecular formula is C16H18N6O. The SMILES string of the molecule is CN(C)C(=O)c1cccc(CNc2ncc3c(ncn3C)n2)c1. The fraction of sp³-hybridized carbons (Fsp3) is 0.250. The molecule has 23 heavy (non-hydrogen) atoms. The van der Waals surface area contributed by atoms with E-state index >= 15 is 0 Å². The molecule has 7 nitrogen and oxygen atoms in total. The van der Waals surface area contributed by atoms with E-state index in [4.69, 9.17) is 0 Å². The van der Waals surface area contributed by atoms with Gasteiger partial charge < -0.3 is 14.8 Å². The Bertz CT molecular complexity index is 855. The Hall–Kier alpha value is -2.96. The molecule has 0 atom stereocenters. The van der Waals surface area contributed by atoms with Crippen molar-refractivity contribution in [3.63, 3.8) is 0 Å². The second-order valence-electron chi connectivity index (χ2n) is 5.51. The Morgan fingerprint density at radius 1 is 1.30 bits per heavy atom. The summed E-state index contributed by atoms with van der Waals surface area (Å²) in [4.78, 5) is 26.4. The van der Waals surface area contributed by atoms with Gasteiger partial charge in [0, 0.05) is 33.3 Å². The summed E-state index contributed by atoms with van der Waals surface area (Å²) in [5.74, 6) is 0.499. The van der Waals surface area contributed by atoms with Gasteiger partial charge in [-0.25, -0.2) is 9.97 Å². The first-order valence-corrected chi connectivity index (χ1v) is 7.23. The number of nitrogens with one attached hydrogen (secondary N) is 1. The van der Waals surface area contributed by atoms with Crippen LogP contribution in [0.3, 0.4) is 0 Å². The largest absolute Gasteiger partial charge is 0.350 e. The van der Waals surface area contributed by atoms with Crippen molar-refractivity contribution in [1.29, 1.82) is 0 Å². The second kappa shape index (κ2) is 6.04. The number of hydrogen-bond donors (Lipinski definition) is 1. The monoisotopic (exact) mass is 310 g/mol. The first-order valence-electron chi connectivity index (χ1n) is 7.23. The van der Waals surface area contributed by atoms with Crippen LogP contribution in [-0.4, -0.2) is 44.4 Å². The van der Waals surface area contributed by atoms with Crippen LogP contribution < -0.4 is 5.32 Å². The lowest BCUT2D eigenvalue weighted by atomic mass is 10.1. The molecule has 3 aromatic rings. The minimum atomic E-state index is -0.0157. The third-order valence-corrected chi connectivity index (χ3v) is 3.51. The summed E-state index contributed by atoms with van der Waals surface area (Å²) in [6.45, 7) is 0.535. The normalized spacial score (nSPS) is 10.7. The Morgan fingerprint density at radius 2 is 2.13 bits per heavy atom. The summed E-state index contributed by atoms with van der Waals surface area (Å²) < 4.78 is 1.87. The molecule has 1 amide bonds. The minimum Gasteiger partial charge on any atom is -0.350 e. The van der Waals surface area contributed by atoms with E-state index in [1.165, 1.54) is 0 Å². The molecule has 1 aromatic carbocycles. The molecule has 0 aliphatic rings. The van der Waals surface area contributed by atoms with Crippen LogP contribution in [0, 0.1) is 0 Å². The van der Waals surface area contributed by atoms with E-state index in [9.17, 15) is 4.79 Å². The molecule has 1 N–H and O–H groups in total. The molecule has 0 spiro atoms. The summed E-state index contributed by atoms with van der Waals surface area (Å²) >= 11 is 0. The van der Waals surface area contributed by atoms with Crippen molar-refractivity contribution < 1.29 is 4.79 Å². The van der Waals surface area contributed by atoms with E-state index in [1.807, 2.05) is 35.9 Å². The Morgan fingerprint density at radius 3 is 2.91 bits per heavy atom. The van der Waals surface area contributed by atoms with Gasteiger partial charge in [0.1, 0.15) is 5.52 Å². The number of anilines is 1.